The average Bonchev–Trinajstić information content (AvgIpc) is 2.28. The van der Waals surface area contributed by atoms with E-state index in [-0.39, 0.29) is 11.6 Å². The number of hydrazine groups is 2. The standard InChI is InChI=1S/C14H30N4/c1-8-10-14(7,9-2)18(16)12(11(3)4)13(5,6)17-15/h2,11-12,17H,8,10,15-16H2,1,3-7H3. The monoisotopic (exact) mass is 254 g/mol. The van der Waals surface area contributed by atoms with Crippen molar-refractivity contribution in [3.63, 3.8) is 0 Å². The first-order chi connectivity index (χ1) is 8.16. The highest BCUT2D eigenvalue weighted by Gasteiger charge is 2.41. The van der Waals surface area contributed by atoms with E-state index in [0.717, 1.165) is 12.8 Å². The number of hydrogen-bond acceptors (Lipinski definition) is 4. The number of terminal acetylenes is 1. The summed E-state index contributed by atoms with van der Waals surface area (Å²) in [4.78, 5) is 0. The maximum atomic E-state index is 6.35. The van der Waals surface area contributed by atoms with Crippen LogP contribution in [0.5, 0.6) is 0 Å². The van der Waals surface area contributed by atoms with Gasteiger partial charge in [-0.15, -0.1) is 6.42 Å². The quantitative estimate of drug-likeness (QED) is 0.367. The average molecular weight is 254 g/mol. The van der Waals surface area contributed by atoms with Gasteiger partial charge in [-0.3, -0.25) is 17.1 Å². The predicted octanol–water partition coefficient (Wildman–Crippen LogP) is 1.62. The van der Waals surface area contributed by atoms with E-state index in [2.05, 4.69) is 32.1 Å². The van der Waals surface area contributed by atoms with Crippen molar-refractivity contribution in [3.05, 3.63) is 0 Å². The SMILES string of the molecule is C#CC(C)(CCC)N(N)C(C(C)C)C(C)(C)NN. The Morgan fingerprint density at radius 1 is 1.33 bits per heavy atom. The molecule has 0 fully saturated rings. The largest absolute Gasteiger partial charge is 0.271 e. The normalized spacial score (nSPS) is 17.6. The third kappa shape index (κ3) is 3.69. The van der Waals surface area contributed by atoms with Gasteiger partial charge in [0, 0.05) is 11.6 Å². The van der Waals surface area contributed by atoms with Gasteiger partial charge in [-0.05, 0) is 33.1 Å². The van der Waals surface area contributed by atoms with Gasteiger partial charge < -0.3 is 0 Å². The third-order valence-corrected chi connectivity index (χ3v) is 3.66. The summed E-state index contributed by atoms with van der Waals surface area (Å²) in [5, 5.41) is 1.81. The second kappa shape index (κ2) is 6.53. The molecule has 0 aromatic heterocycles. The van der Waals surface area contributed by atoms with Crippen LogP contribution in [0, 0.1) is 18.3 Å². The summed E-state index contributed by atoms with van der Waals surface area (Å²) in [5.74, 6) is 15.2. The van der Waals surface area contributed by atoms with E-state index in [4.69, 9.17) is 18.1 Å². The highest BCUT2D eigenvalue weighted by atomic mass is 15.5. The van der Waals surface area contributed by atoms with Crippen LogP contribution < -0.4 is 17.1 Å². The van der Waals surface area contributed by atoms with E-state index < -0.39 is 5.54 Å². The van der Waals surface area contributed by atoms with Crippen LogP contribution >= 0.6 is 0 Å². The molecule has 0 saturated carbocycles. The fourth-order valence-corrected chi connectivity index (χ4v) is 2.66. The van der Waals surface area contributed by atoms with Crippen LogP contribution in [0.15, 0.2) is 0 Å². The highest BCUT2D eigenvalue weighted by molar-refractivity contribution is 5.13. The van der Waals surface area contributed by atoms with Crippen molar-refractivity contribution in [2.45, 2.75) is 71.5 Å². The predicted molar refractivity (Wildman–Crippen MR) is 78.2 cm³/mol. The zero-order valence-electron chi connectivity index (χ0n) is 12.7. The molecule has 0 saturated heterocycles. The summed E-state index contributed by atoms with van der Waals surface area (Å²) >= 11 is 0. The van der Waals surface area contributed by atoms with Crippen molar-refractivity contribution < 1.29 is 0 Å². The van der Waals surface area contributed by atoms with Gasteiger partial charge >= 0.3 is 0 Å². The molecule has 0 aromatic carbocycles. The molecule has 0 radical (unpaired) electrons. The molecule has 0 bridgehead atoms. The maximum Gasteiger partial charge on any atom is 0.0927 e. The van der Waals surface area contributed by atoms with Crippen LogP contribution in [-0.4, -0.2) is 22.1 Å². The lowest BCUT2D eigenvalue weighted by Gasteiger charge is -2.48. The van der Waals surface area contributed by atoms with E-state index in [0.29, 0.717) is 5.92 Å². The second-order valence-corrected chi connectivity index (χ2v) is 6.13. The Morgan fingerprint density at radius 2 is 1.83 bits per heavy atom. The van der Waals surface area contributed by atoms with Crippen molar-refractivity contribution >= 4 is 0 Å². The Bertz CT molecular complexity index is 293. The van der Waals surface area contributed by atoms with Gasteiger partial charge in [-0.1, -0.05) is 33.1 Å². The van der Waals surface area contributed by atoms with Crippen LogP contribution in [0.1, 0.15) is 54.4 Å². The Balaban J connectivity index is 5.33. The lowest BCUT2D eigenvalue weighted by atomic mass is 9.82. The molecule has 0 rings (SSSR count). The Morgan fingerprint density at radius 3 is 2.11 bits per heavy atom. The Labute approximate surface area is 112 Å². The van der Waals surface area contributed by atoms with Crippen LogP contribution in [0.25, 0.3) is 0 Å². The second-order valence-electron chi connectivity index (χ2n) is 6.13. The summed E-state index contributed by atoms with van der Waals surface area (Å²) in [6, 6.07) is 0.0510. The van der Waals surface area contributed by atoms with Crippen molar-refractivity contribution in [3.8, 4) is 12.3 Å². The van der Waals surface area contributed by atoms with Crippen LogP contribution in [0.4, 0.5) is 0 Å². The van der Waals surface area contributed by atoms with Crippen LogP contribution in [0.3, 0.4) is 0 Å². The molecular formula is C14H30N4. The molecule has 0 amide bonds. The summed E-state index contributed by atoms with van der Waals surface area (Å²) in [6.45, 7) is 12.5. The van der Waals surface area contributed by atoms with E-state index in [9.17, 15) is 0 Å². The van der Waals surface area contributed by atoms with Gasteiger partial charge in [0.05, 0.1) is 5.54 Å². The topological polar surface area (TPSA) is 67.3 Å². The summed E-state index contributed by atoms with van der Waals surface area (Å²) in [7, 11) is 0. The number of nitrogens with zero attached hydrogens (tertiary/aromatic N) is 1. The van der Waals surface area contributed by atoms with Crippen molar-refractivity contribution in [2.75, 3.05) is 0 Å². The molecule has 2 unspecified atom stereocenters. The summed E-state index contributed by atoms with van der Waals surface area (Å²) in [5.41, 5.74) is 2.09. The highest BCUT2D eigenvalue weighted by Crippen LogP contribution is 2.28. The lowest BCUT2D eigenvalue weighted by Crippen LogP contribution is -2.68. The molecule has 4 nitrogen and oxygen atoms in total. The Kier molecular flexibility index (Phi) is 6.32. The van der Waals surface area contributed by atoms with Gasteiger partial charge in [0.15, 0.2) is 0 Å². The lowest BCUT2D eigenvalue weighted by molar-refractivity contribution is 0.0134. The third-order valence-electron chi connectivity index (χ3n) is 3.66. The fourth-order valence-electron chi connectivity index (χ4n) is 2.66. The molecule has 0 aromatic rings. The minimum Gasteiger partial charge on any atom is -0.271 e. The van der Waals surface area contributed by atoms with Gasteiger partial charge in [0.25, 0.3) is 0 Å². The molecule has 0 aliphatic rings. The van der Waals surface area contributed by atoms with E-state index >= 15 is 0 Å². The zero-order chi connectivity index (χ0) is 14.6. The molecule has 0 aliphatic carbocycles. The molecule has 5 N–H and O–H groups in total. The van der Waals surface area contributed by atoms with Crippen LogP contribution in [-0.2, 0) is 0 Å². The van der Waals surface area contributed by atoms with E-state index in [1.807, 2.05) is 20.8 Å². The van der Waals surface area contributed by atoms with Crippen molar-refractivity contribution in [1.29, 1.82) is 0 Å². The fraction of sp³-hybridized carbons (Fsp3) is 0.857. The van der Waals surface area contributed by atoms with E-state index in [1.165, 1.54) is 0 Å². The zero-order valence-corrected chi connectivity index (χ0v) is 12.7. The number of hydrogen-bond donors (Lipinski definition) is 3. The van der Waals surface area contributed by atoms with Gasteiger partial charge in [0.1, 0.15) is 0 Å². The number of nitrogens with two attached hydrogens (primary N) is 2. The molecule has 4 heteroatoms. The minimum atomic E-state index is -0.447. The first-order valence-electron chi connectivity index (χ1n) is 6.65. The van der Waals surface area contributed by atoms with Crippen molar-refractivity contribution in [2.24, 2.45) is 17.6 Å². The van der Waals surface area contributed by atoms with Gasteiger partial charge in [-0.2, -0.15) is 0 Å². The number of nitrogens with one attached hydrogen (secondary N) is 1. The molecule has 106 valence electrons. The van der Waals surface area contributed by atoms with Gasteiger partial charge in [-0.25, -0.2) is 5.01 Å². The minimum absolute atomic E-state index is 0.0510. The van der Waals surface area contributed by atoms with E-state index in [1.54, 1.807) is 5.01 Å². The van der Waals surface area contributed by atoms with Crippen molar-refractivity contribution in [1.82, 2.24) is 10.4 Å². The molecule has 0 aliphatic heterocycles. The maximum absolute atomic E-state index is 6.35. The Hall–Kier alpha value is -0.600. The number of rotatable bonds is 7. The molecule has 18 heavy (non-hydrogen) atoms. The molecule has 0 heterocycles. The molecular weight excluding hydrogens is 224 g/mol. The van der Waals surface area contributed by atoms with Crippen LogP contribution in [0.2, 0.25) is 0 Å². The summed E-state index contributed by atoms with van der Waals surface area (Å²) < 4.78 is 0. The smallest absolute Gasteiger partial charge is 0.0927 e. The van der Waals surface area contributed by atoms with Gasteiger partial charge in [0.2, 0.25) is 0 Å². The first kappa shape index (κ1) is 17.4. The molecule has 2 atom stereocenters. The first-order valence-corrected chi connectivity index (χ1v) is 6.65. The summed E-state index contributed by atoms with van der Waals surface area (Å²) in [6.07, 6.45) is 7.55. The molecule has 0 spiro atoms.